The number of hydrogen-bond acceptors (Lipinski definition) is 8. The smallest absolute Gasteiger partial charge is 0.256 e. The molecule has 2 aliphatic heterocycles. The van der Waals surface area contributed by atoms with E-state index in [1.807, 2.05) is 13.8 Å². The standard InChI is InChI=1S/C18H19FN2O5S2.C12H16N2O3S/c1-13-11-12-21(18(13)22)15-5-9-17(10-6-15)28(25,26)20(2)27(23,24)16-7-3-14(19)4-8-16;1-9-7-8-14(12(9)15)10-3-5-11(6-4-10)18(16,17)13-2/h3-10,13H,11-12H2,1-2H3;3-6,9,13H,7-8H2,1-2H3/t13-;9-/m00/s1. The molecule has 0 aliphatic carbocycles. The van der Waals surface area contributed by atoms with Gasteiger partial charge in [-0.15, -0.1) is 0 Å². The highest BCUT2D eigenvalue weighted by atomic mass is 32.3. The molecule has 16 heteroatoms. The van der Waals surface area contributed by atoms with Gasteiger partial charge in [-0.2, -0.15) is 0 Å². The number of sulfonamides is 3. The minimum Gasteiger partial charge on any atom is -0.312 e. The number of carbonyl (C=O) groups excluding carboxylic acids is 2. The Bertz CT molecular complexity index is 1920. The minimum absolute atomic E-state index is 0.0355. The Morgan fingerprint density at radius 2 is 1.00 bits per heavy atom. The highest BCUT2D eigenvalue weighted by molar-refractivity contribution is 8.04. The summed E-state index contributed by atoms with van der Waals surface area (Å²) in [7, 11) is -9.88. The van der Waals surface area contributed by atoms with Gasteiger partial charge >= 0.3 is 0 Å². The molecule has 0 aromatic heterocycles. The van der Waals surface area contributed by atoms with Gasteiger partial charge in [0, 0.05) is 43.3 Å². The fraction of sp³-hybridized carbons (Fsp3) is 0.333. The maximum Gasteiger partial charge on any atom is 0.256 e. The molecular weight excluding hydrogens is 660 g/mol. The number of amides is 2. The van der Waals surface area contributed by atoms with Gasteiger partial charge in [-0.3, -0.25) is 9.59 Å². The Hall–Kier alpha value is -3.70. The van der Waals surface area contributed by atoms with Gasteiger partial charge in [0.2, 0.25) is 21.8 Å². The van der Waals surface area contributed by atoms with Crippen LogP contribution < -0.4 is 14.5 Å². The molecule has 248 valence electrons. The second kappa shape index (κ2) is 13.6. The quantitative estimate of drug-likeness (QED) is 0.377. The Labute approximate surface area is 269 Å². The second-order valence-electron chi connectivity index (χ2n) is 10.9. The van der Waals surface area contributed by atoms with E-state index in [9.17, 15) is 39.2 Å². The van der Waals surface area contributed by atoms with E-state index in [0.29, 0.717) is 18.8 Å². The van der Waals surface area contributed by atoms with Crippen molar-refractivity contribution in [2.24, 2.45) is 11.8 Å². The summed E-state index contributed by atoms with van der Waals surface area (Å²) >= 11 is 0. The van der Waals surface area contributed by atoms with Crippen molar-refractivity contribution in [1.82, 2.24) is 8.43 Å². The van der Waals surface area contributed by atoms with Crippen molar-refractivity contribution < 1.29 is 39.2 Å². The zero-order valence-corrected chi connectivity index (χ0v) is 28.1. The molecular formula is C30H35FN4O8S3. The summed E-state index contributed by atoms with van der Waals surface area (Å²) in [6, 6.07) is 15.7. The van der Waals surface area contributed by atoms with Gasteiger partial charge in [0.25, 0.3) is 20.0 Å². The van der Waals surface area contributed by atoms with Crippen molar-refractivity contribution >= 4 is 53.3 Å². The molecule has 2 fully saturated rings. The van der Waals surface area contributed by atoms with Crippen LogP contribution in [0.15, 0.2) is 87.5 Å². The van der Waals surface area contributed by atoms with Gasteiger partial charge in [-0.05, 0) is 92.7 Å². The van der Waals surface area contributed by atoms with Crippen molar-refractivity contribution in [2.75, 3.05) is 37.0 Å². The molecule has 0 spiro atoms. The van der Waals surface area contributed by atoms with Gasteiger partial charge in [0.05, 0.1) is 14.7 Å². The van der Waals surface area contributed by atoms with Crippen molar-refractivity contribution in [3.63, 3.8) is 0 Å². The number of anilines is 2. The van der Waals surface area contributed by atoms with Crippen LogP contribution in [-0.2, 0) is 39.7 Å². The lowest BCUT2D eigenvalue weighted by Crippen LogP contribution is -2.33. The van der Waals surface area contributed by atoms with Gasteiger partial charge in [-0.1, -0.05) is 17.6 Å². The molecule has 5 rings (SSSR count). The highest BCUT2D eigenvalue weighted by Gasteiger charge is 2.34. The predicted molar refractivity (Wildman–Crippen MR) is 170 cm³/mol. The number of rotatable bonds is 8. The Balaban J connectivity index is 0.000000230. The van der Waals surface area contributed by atoms with E-state index in [1.165, 1.54) is 43.4 Å². The third-order valence-corrected chi connectivity index (χ3v) is 13.6. The summed E-state index contributed by atoms with van der Waals surface area (Å²) in [4.78, 5) is 26.8. The topological polar surface area (TPSA) is 158 Å². The summed E-state index contributed by atoms with van der Waals surface area (Å²) in [6.07, 6.45) is 1.56. The van der Waals surface area contributed by atoms with Crippen LogP contribution in [0.4, 0.5) is 15.8 Å². The third kappa shape index (κ3) is 7.15. The van der Waals surface area contributed by atoms with E-state index in [2.05, 4.69) is 4.72 Å². The summed E-state index contributed by atoms with van der Waals surface area (Å²) in [5.74, 6) is -0.613. The van der Waals surface area contributed by atoms with E-state index in [0.717, 1.165) is 49.8 Å². The molecule has 0 saturated carbocycles. The fourth-order valence-corrected chi connectivity index (χ4v) is 8.75. The largest absolute Gasteiger partial charge is 0.312 e. The Morgan fingerprint density at radius 3 is 1.33 bits per heavy atom. The zero-order chi connectivity index (χ0) is 34.0. The first-order valence-electron chi connectivity index (χ1n) is 14.3. The molecule has 3 aromatic rings. The SMILES string of the molecule is CNS(=O)(=O)c1ccc(N2CC[C@H](C)C2=O)cc1.C[C@H]1CCN(c2ccc(S(=O)(=O)N(C)S(=O)(=O)c3ccc(F)cc3)cc2)C1=O. The number of halogens is 1. The molecule has 2 saturated heterocycles. The van der Waals surface area contributed by atoms with Crippen LogP contribution in [0.25, 0.3) is 0 Å². The molecule has 3 aromatic carbocycles. The average Bonchev–Trinajstić information content (AvgIpc) is 3.56. The predicted octanol–water partition coefficient (Wildman–Crippen LogP) is 3.18. The van der Waals surface area contributed by atoms with Gasteiger partial charge in [-0.25, -0.2) is 34.4 Å². The lowest BCUT2D eigenvalue weighted by atomic mass is 10.1. The van der Waals surface area contributed by atoms with E-state index >= 15 is 0 Å². The molecule has 2 atom stereocenters. The van der Waals surface area contributed by atoms with E-state index in [-0.39, 0.29) is 42.0 Å². The molecule has 2 heterocycles. The number of carbonyl (C=O) groups is 2. The average molecular weight is 695 g/mol. The third-order valence-electron chi connectivity index (χ3n) is 7.91. The number of benzene rings is 3. The van der Waals surface area contributed by atoms with E-state index in [1.54, 1.807) is 21.9 Å². The lowest BCUT2D eigenvalue weighted by molar-refractivity contribution is -0.120. The number of hydrogen-bond donors (Lipinski definition) is 1. The van der Waals surface area contributed by atoms with Crippen LogP contribution in [0, 0.1) is 17.7 Å². The molecule has 12 nitrogen and oxygen atoms in total. The molecule has 0 unspecified atom stereocenters. The van der Waals surface area contributed by atoms with Crippen LogP contribution >= 0.6 is 0 Å². The Kier molecular flexibility index (Phi) is 10.4. The van der Waals surface area contributed by atoms with Gasteiger partial charge < -0.3 is 9.80 Å². The molecule has 2 amide bonds. The van der Waals surface area contributed by atoms with Crippen molar-refractivity contribution in [2.45, 2.75) is 41.4 Å². The van der Waals surface area contributed by atoms with E-state index in [4.69, 9.17) is 0 Å². The van der Waals surface area contributed by atoms with Crippen LogP contribution in [0.2, 0.25) is 0 Å². The molecule has 1 N–H and O–H groups in total. The van der Waals surface area contributed by atoms with Gasteiger partial charge in [0.15, 0.2) is 0 Å². The first kappa shape index (κ1) is 35.2. The van der Waals surface area contributed by atoms with Crippen LogP contribution in [0.3, 0.4) is 0 Å². The second-order valence-corrected chi connectivity index (χ2v) is 17.0. The molecule has 0 radical (unpaired) electrons. The summed E-state index contributed by atoms with van der Waals surface area (Å²) in [6.45, 7) is 4.97. The van der Waals surface area contributed by atoms with Crippen molar-refractivity contribution in [3.05, 3.63) is 78.6 Å². The highest BCUT2D eigenvalue weighted by Crippen LogP contribution is 2.29. The maximum atomic E-state index is 13.0. The van der Waals surface area contributed by atoms with E-state index < -0.39 is 35.9 Å². The summed E-state index contributed by atoms with van der Waals surface area (Å²) in [5.41, 5.74) is 1.30. The Morgan fingerprint density at radius 1 is 0.652 bits per heavy atom. The van der Waals surface area contributed by atoms with Crippen LogP contribution in [0.5, 0.6) is 0 Å². The maximum absolute atomic E-state index is 13.0. The molecule has 2 aliphatic rings. The molecule has 46 heavy (non-hydrogen) atoms. The number of nitrogens with one attached hydrogen (secondary N) is 1. The minimum atomic E-state index is -4.39. The van der Waals surface area contributed by atoms with Crippen molar-refractivity contribution in [3.8, 4) is 0 Å². The molecule has 0 bridgehead atoms. The fourth-order valence-electron chi connectivity index (χ4n) is 4.91. The van der Waals surface area contributed by atoms with Gasteiger partial charge in [0.1, 0.15) is 5.82 Å². The number of nitrogens with zero attached hydrogens (tertiary/aromatic N) is 3. The zero-order valence-electron chi connectivity index (χ0n) is 25.6. The van der Waals surface area contributed by atoms with Crippen LogP contribution in [0.1, 0.15) is 26.7 Å². The van der Waals surface area contributed by atoms with Crippen LogP contribution in [-0.4, -0.2) is 68.0 Å². The lowest BCUT2D eigenvalue weighted by Gasteiger charge is -2.19. The summed E-state index contributed by atoms with van der Waals surface area (Å²) < 4.78 is 89.4. The first-order chi connectivity index (χ1) is 21.5. The summed E-state index contributed by atoms with van der Waals surface area (Å²) in [5, 5.41) is 0. The first-order valence-corrected chi connectivity index (χ1v) is 18.6. The normalized spacial score (nSPS) is 19.0. The monoisotopic (exact) mass is 694 g/mol. The van der Waals surface area contributed by atoms with Crippen molar-refractivity contribution in [1.29, 1.82) is 0 Å².